The summed E-state index contributed by atoms with van der Waals surface area (Å²) in [5, 5.41) is 5.90. The third-order valence-electron chi connectivity index (χ3n) is 3.46. The smallest absolute Gasteiger partial charge is 0.254 e. The van der Waals surface area contributed by atoms with Gasteiger partial charge in [-0.2, -0.15) is 0 Å². The Morgan fingerprint density at radius 1 is 1.04 bits per heavy atom. The maximum atomic E-state index is 12.0. The van der Waals surface area contributed by atoms with Crippen molar-refractivity contribution >= 4 is 11.9 Å². The number of nitrogens with zero attached hydrogens (tertiary/aromatic N) is 2. The third-order valence-corrected chi connectivity index (χ3v) is 3.46. The molecule has 6 heteroatoms. The molecule has 6 nitrogen and oxygen atoms in total. The number of benzene rings is 1. The molecule has 0 atom stereocenters. The van der Waals surface area contributed by atoms with Crippen molar-refractivity contribution < 1.29 is 9.21 Å². The second-order valence-corrected chi connectivity index (χ2v) is 5.22. The molecule has 0 spiro atoms. The fourth-order valence-corrected chi connectivity index (χ4v) is 2.18. The minimum absolute atomic E-state index is 0.234. The van der Waals surface area contributed by atoms with Crippen molar-refractivity contribution in [3.05, 3.63) is 78.0 Å². The van der Waals surface area contributed by atoms with E-state index in [1.807, 2.05) is 18.2 Å². The highest BCUT2D eigenvalue weighted by molar-refractivity contribution is 5.93. The zero-order valence-corrected chi connectivity index (χ0v) is 13.1. The molecule has 0 radical (unpaired) electrons. The summed E-state index contributed by atoms with van der Waals surface area (Å²) in [6.07, 6.45) is 5.47. The van der Waals surface area contributed by atoms with Gasteiger partial charge >= 0.3 is 0 Å². The summed E-state index contributed by atoms with van der Waals surface area (Å²) in [5.41, 5.74) is 1.66. The summed E-state index contributed by atoms with van der Waals surface area (Å²) in [4.78, 5) is 20.3. The standard InChI is InChI=1S/C18H18N4O2/c23-17(20-13-16-7-4-10-24-16)15-11-21-18(22-12-15)19-9-8-14-5-2-1-3-6-14/h1-7,10-12H,8-9,13H2,(H,20,23)(H,19,21,22). The fourth-order valence-electron chi connectivity index (χ4n) is 2.18. The van der Waals surface area contributed by atoms with Crippen molar-refractivity contribution in [1.29, 1.82) is 0 Å². The molecular weight excluding hydrogens is 304 g/mol. The van der Waals surface area contributed by atoms with Gasteiger partial charge in [-0.1, -0.05) is 30.3 Å². The van der Waals surface area contributed by atoms with Crippen LogP contribution in [-0.2, 0) is 13.0 Å². The highest BCUT2D eigenvalue weighted by atomic mass is 16.3. The minimum Gasteiger partial charge on any atom is -0.467 e. The van der Waals surface area contributed by atoms with Crippen LogP contribution in [-0.4, -0.2) is 22.4 Å². The van der Waals surface area contributed by atoms with E-state index in [0.717, 1.165) is 13.0 Å². The van der Waals surface area contributed by atoms with Crippen molar-refractivity contribution in [1.82, 2.24) is 15.3 Å². The Morgan fingerprint density at radius 3 is 2.54 bits per heavy atom. The number of hydrogen-bond donors (Lipinski definition) is 2. The van der Waals surface area contributed by atoms with E-state index in [4.69, 9.17) is 4.42 Å². The SMILES string of the molecule is O=C(NCc1ccco1)c1cnc(NCCc2ccccc2)nc1. The number of carbonyl (C=O) groups excluding carboxylic acids is 1. The van der Waals surface area contributed by atoms with Gasteiger partial charge in [-0.15, -0.1) is 0 Å². The zero-order chi connectivity index (χ0) is 16.6. The summed E-state index contributed by atoms with van der Waals surface area (Å²) in [5.74, 6) is 0.971. The molecule has 0 saturated heterocycles. The van der Waals surface area contributed by atoms with Crippen LogP contribution in [0.4, 0.5) is 5.95 Å². The van der Waals surface area contributed by atoms with Gasteiger partial charge in [0, 0.05) is 18.9 Å². The first-order chi connectivity index (χ1) is 11.8. The van der Waals surface area contributed by atoms with E-state index < -0.39 is 0 Å². The van der Waals surface area contributed by atoms with Crippen molar-refractivity contribution in [3.63, 3.8) is 0 Å². The summed E-state index contributed by atoms with van der Waals surface area (Å²) in [6.45, 7) is 1.07. The van der Waals surface area contributed by atoms with Crippen LogP contribution >= 0.6 is 0 Å². The third kappa shape index (κ3) is 4.42. The predicted molar refractivity (Wildman–Crippen MR) is 90.5 cm³/mol. The molecule has 2 heterocycles. The number of nitrogens with one attached hydrogen (secondary N) is 2. The topological polar surface area (TPSA) is 80.0 Å². The number of rotatable bonds is 7. The second kappa shape index (κ2) is 7.92. The van der Waals surface area contributed by atoms with Crippen molar-refractivity contribution in [2.24, 2.45) is 0 Å². The van der Waals surface area contributed by atoms with Crippen LogP contribution in [0.25, 0.3) is 0 Å². The van der Waals surface area contributed by atoms with Gasteiger partial charge in [0.2, 0.25) is 5.95 Å². The molecule has 2 aromatic heterocycles. The second-order valence-electron chi connectivity index (χ2n) is 5.22. The highest BCUT2D eigenvalue weighted by Crippen LogP contribution is 2.04. The van der Waals surface area contributed by atoms with Crippen LogP contribution in [0.1, 0.15) is 21.7 Å². The van der Waals surface area contributed by atoms with Crippen LogP contribution in [0.5, 0.6) is 0 Å². The Balaban J connectivity index is 1.46. The largest absolute Gasteiger partial charge is 0.467 e. The molecule has 24 heavy (non-hydrogen) atoms. The van der Waals surface area contributed by atoms with E-state index in [9.17, 15) is 4.79 Å². The van der Waals surface area contributed by atoms with Crippen LogP contribution in [0, 0.1) is 0 Å². The summed E-state index contributed by atoms with van der Waals surface area (Å²) < 4.78 is 5.16. The molecule has 0 fully saturated rings. The van der Waals surface area contributed by atoms with Gasteiger partial charge in [-0.05, 0) is 24.1 Å². The molecule has 3 aromatic rings. The van der Waals surface area contributed by atoms with Crippen LogP contribution in [0.15, 0.2) is 65.5 Å². The molecule has 0 aliphatic carbocycles. The maximum Gasteiger partial charge on any atom is 0.254 e. The molecular formula is C18H18N4O2. The van der Waals surface area contributed by atoms with Gasteiger partial charge in [0.05, 0.1) is 18.4 Å². The molecule has 0 bridgehead atoms. The molecule has 0 aliphatic heterocycles. The van der Waals surface area contributed by atoms with Crippen molar-refractivity contribution in [2.45, 2.75) is 13.0 Å². The van der Waals surface area contributed by atoms with Crippen LogP contribution in [0.2, 0.25) is 0 Å². The normalized spacial score (nSPS) is 10.3. The van der Waals surface area contributed by atoms with E-state index >= 15 is 0 Å². The number of anilines is 1. The van der Waals surface area contributed by atoms with E-state index in [1.165, 1.54) is 18.0 Å². The molecule has 122 valence electrons. The van der Waals surface area contributed by atoms with Crippen LogP contribution in [0.3, 0.4) is 0 Å². The Bertz CT molecular complexity index is 755. The Labute approximate surface area is 140 Å². The van der Waals surface area contributed by atoms with Gasteiger partial charge in [0.15, 0.2) is 0 Å². The Kier molecular flexibility index (Phi) is 5.19. The van der Waals surface area contributed by atoms with E-state index in [0.29, 0.717) is 23.8 Å². The molecule has 2 N–H and O–H groups in total. The lowest BCUT2D eigenvalue weighted by atomic mass is 10.1. The first kappa shape index (κ1) is 15.7. The van der Waals surface area contributed by atoms with Gasteiger partial charge < -0.3 is 15.1 Å². The predicted octanol–water partition coefficient (Wildman–Crippen LogP) is 2.65. The lowest BCUT2D eigenvalue weighted by Crippen LogP contribution is -2.23. The minimum atomic E-state index is -0.234. The quantitative estimate of drug-likeness (QED) is 0.699. The van der Waals surface area contributed by atoms with Gasteiger partial charge in [-0.3, -0.25) is 4.79 Å². The summed E-state index contributed by atoms with van der Waals surface area (Å²) in [7, 11) is 0. The van der Waals surface area contributed by atoms with Gasteiger partial charge in [0.1, 0.15) is 5.76 Å². The lowest BCUT2D eigenvalue weighted by molar-refractivity contribution is 0.0947. The number of furan rings is 1. The average Bonchev–Trinajstić information content (AvgIpc) is 3.15. The molecule has 3 rings (SSSR count). The van der Waals surface area contributed by atoms with E-state index in [-0.39, 0.29) is 5.91 Å². The first-order valence-corrected chi connectivity index (χ1v) is 7.72. The molecule has 0 unspecified atom stereocenters. The average molecular weight is 322 g/mol. The van der Waals surface area contributed by atoms with Crippen LogP contribution < -0.4 is 10.6 Å². The summed E-state index contributed by atoms with van der Waals surface area (Å²) >= 11 is 0. The number of aromatic nitrogens is 2. The lowest BCUT2D eigenvalue weighted by Gasteiger charge is -2.06. The molecule has 0 aliphatic rings. The highest BCUT2D eigenvalue weighted by Gasteiger charge is 2.07. The fraction of sp³-hybridized carbons (Fsp3) is 0.167. The molecule has 0 saturated carbocycles. The molecule has 1 amide bonds. The zero-order valence-electron chi connectivity index (χ0n) is 13.1. The van der Waals surface area contributed by atoms with E-state index in [2.05, 4.69) is 32.7 Å². The monoisotopic (exact) mass is 322 g/mol. The van der Waals surface area contributed by atoms with Crippen molar-refractivity contribution in [2.75, 3.05) is 11.9 Å². The maximum absolute atomic E-state index is 12.0. The number of hydrogen-bond acceptors (Lipinski definition) is 5. The van der Waals surface area contributed by atoms with Gasteiger partial charge in [0.25, 0.3) is 5.91 Å². The number of amides is 1. The number of carbonyl (C=O) groups is 1. The van der Waals surface area contributed by atoms with E-state index in [1.54, 1.807) is 18.4 Å². The molecule has 1 aromatic carbocycles. The Morgan fingerprint density at radius 2 is 1.83 bits per heavy atom. The van der Waals surface area contributed by atoms with Crippen molar-refractivity contribution in [3.8, 4) is 0 Å². The first-order valence-electron chi connectivity index (χ1n) is 7.72. The van der Waals surface area contributed by atoms with Gasteiger partial charge in [-0.25, -0.2) is 9.97 Å². The Hall–Kier alpha value is -3.15. The summed E-state index contributed by atoms with van der Waals surface area (Å²) in [6, 6.07) is 13.8.